The van der Waals surface area contributed by atoms with Crippen LogP contribution in [0.2, 0.25) is 0 Å². The van der Waals surface area contributed by atoms with E-state index in [-0.39, 0.29) is 0 Å². The third-order valence-corrected chi connectivity index (χ3v) is 6.02. The first kappa shape index (κ1) is 14.8. The first-order chi connectivity index (χ1) is 8.93. The van der Waals surface area contributed by atoms with Gasteiger partial charge in [0.25, 0.3) is 0 Å². The summed E-state index contributed by atoms with van der Waals surface area (Å²) in [6.45, 7) is 2.43. The van der Waals surface area contributed by atoms with Gasteiger partial charge in [0.15, 0.2) is 0 Å². The Morgan fingerprint density at radius 3 is 2.47 bits per heavy atom. The van der Waals surface area contributed by atoms with Crippen LogP contribution in [0.3, 0.4) is 0 Å². The third-order valence-electron chi connectivity index (χ3n) is 3.12. The minimum atomic E-state index is -3.43. The fourth-order valence-electron chi connectivity index (χ4n) is 1.99. The van der Waals surface area contributed by atoms with Gasteiger partial charge in [-0.3, -0.25) is 0 Å². The van der Waals surface area contributed by atoms with Crippen LogP contribution < -0.4 is 10.2 Å². The minimum Gasteiger partial charge on any atom is -0.378 e. The molecular weight excluding hydrogens is 330 g/mol. The Kier molecular flexibility index (Phi) is 4.50. The second-order valence-electron chi connectivity index (χ2n) is 4.66. The largest absolute Gasteiger partial charge is 0.378 e. The molecule has 1 saturated heterocycles. The van der Waals surface area contributed by atoms with E-state index in [4.69, 9.17) is 0 Å². The lowest BCUT2D eigenvalue weighted by atomic mass is 10.3. The van der Waals surface area contributed by atoms with E-state index < -0.39 is 10.0 Å². The molecular formula is C12H18BrN3O2S. The molecule has 2 rings (SSSR count). The zero-order valence-corrected chi connectivity index (χ0v) is 13.5. The van der Waals surface area contributed by atoms with Gasteiger partial charge in [0, 0.05) is 50.4 Å². The highest BCUT2D eigenvalue weighted by Crippen LogP contribution is 2.29. The van der Waals surface area contributed by atoms with Crippen LogP contribution in [0.5, 0.6) is 0 Å². The first-order valence-corrected chi connectivity index (χ1v) is 8.34. The molecule has 1 aromatic rings. The molecule has 0 saturated carbocycles. The molecule has 0 aromatic heterocycles. The second-order valence-corrected chi connectivity index (χ2v) is 7.42. The summed E-state index contributed by atoms with van der Waals surface area (Å²) in [5, 5.41) is 3.16. The third kappa shape index (κ3) is 3.10. The zero-order valence-electron chi connectivity index (χ0n) is 11.1. The Labute approximate surface area is 122 Å². The Balaban J connectivity index is 2.41. The Morgan fingerprint density at radius 1 is 1.26 bits per heavy atom. The maximum absolute atomic E-state index is 12.6. The molecule has 0 atom stereocenters. The number of hydrogen-bond acceptors (Lipinski definition) is 4. The highest BCUT2D eigenvalue weighted by atomic mass is 79.9. The highest BCUT2D eigenvalue weighted by Gasteiger charge is 2.28. The number of piperazine rings is 1. The summed E-state index contributed by atoms with van der Waals surface area (Å²) in [4.78, 5) is 2.23. The normalized spacial score (nSPS) is 17.4. The highest BCUT2D eigenvalue weighted by molar-refractivity contribution is 9.10. The van der Waals surface area contributed by atoms with Crippen molar-refractivity contribution in [3.8, 4) is 0 Å². The van der Waals surface area contributed by atoms with Crippen LogP contribution in [0.25, 0.3) is 0 Å². The van der Waals surface area contributed by atoms with Gasteiger partial charge in [-0.2, -0.15) is 4.31 Å². The molecule has 106 valence electrons. The summed E-state index contributed by atoms with van der Waals surface area (Å²) in [5.74, 6) is 0. The van der Waals surface area contributed by atoms with E-state index in [9.17, 15) is 8.42 Å². The quantitative estimate of drug-likeness (QED) is 0.889. The molecule has 0 spiro atoms. The number of hydrogen-bond donors (Lipinski definition) is 1. The molecule has 1 heterocycles. The Hall–Kier alpha value is -0.630. The lowest BCUT2D eigenvalue weighted by molar-refractivity contribution is 0.360. The van der Waals surface area contributed by atoms with E-state index in [0.717, 1.165) is 5.69 Å². The van der Waals surface area contributed by atoms with Gasteiger partial charge in [-0.1, -0.05) is 0 Å². The standard InChI is InChI=1S/C12H18BrN3O2S/c1-15(2)10-3-4-11(13)12(9-10)19(17,18)16-7-5-14-6-8-16/h3-4,9,14H,5-8H2,1-2H3. The SMILES string of the molecule is CN(C)c1ccc(Br)c(S(=O)(=O)N2CCNCC2)c1. The van der Waals surface area contributed by atoms with E-state index >= 15 is 0 Å². The van der Waals surface area contributed by atoms with Crippen molar-refractivity contribution in [1.29, 1.82) is 0 Å². The van der Waals surface area contributed by atoms with Gasteiger partial charge >= 0.3 is 0 Å². The molecule has 1 fully saturated rings. The number of anilines is 1. The molecule has 19 heavy (non-hydrogen) atoms. The molecule has 1 N–H and O–H groups in total. The maximum Gasteiger partial charge on any atom is 0.244 e. The van der Waals surface area contributed by atoms with E-state index in [1.54, 1.807) is 12.1 Å². The molecule has 1 aliphatic rings. The van der Waals surface area contributed by atoms with Crippen LogP contribution in [0.15, 0.2) is 27.6 Å². The van der Waals surface area contributed by atoms with Crippen LogP contribution in [0.4, 0.5) is 5.69 Å². The summed E-state index contributed by atoms with van der Waals surface area (Å²) in [7, 11) is 0.358. The average molecular weight is 348 g/mol. The predicted octanol–water partition coefficient (Wildman–Crippen LogP) is 1.11. The van der Waals surface area contributed by atoms with E-state index in [1.165, 1.54) is 4.31 Å². The van der Waals surface area contributed by atoms with Crippen molar-refractivity contribution in [3.05, 3.63) is 22.7 Å². The molecule has 1 aromatic carbocycles. The number of sulfonamides is 1. The predicted molar refractivity (Wildman–Crippen MR) is 80.1 cm³/mol. The van der Waals surface area contributed by atoms with Crippen molar-refractivity contribution in [3.63, 3.8) is 0 Å². The molecule has 7 heteroatoms. The van der Waals surface area contributed by atoms with Crippen molar-refractivity contribution >= 4 is 31.6 Å². The fourth-order valence-corrected chi connectivity index (χ4v) is 4.38. The van der Waals surface area contributed by atoms with Crippen LogP contribution >= 0.6 is 15.9 Å². The molecule has 0 radical (unpaired) electrons. The van der Waals surface area contributed by atoms with E-state index in [0.29, 0.717) is 35.5 Å². The first-order valence-electron chi connectivity index (χ1n) is 6.10. The molecule has 0 amide bonds. The number of halogens is 1. The van der Waals surface area contributed by atoms with Crippen LogP contribution in [-0.4, -0.2) is 53.0 Å². The molecule has 5 nitrogen and oxygen atoms in total. The van der Waals surface area contributed by atoms with Gasteiger partial charge < -0.3 is 10.2 Å². The number of rotatable bonds is 3. The minimum absolute atomic E-state index is 0.334. The molecule has 0 unspecified atom stereocenters. The number of benzene rings is 1. The van der Waals surface area contributed by atoms with Gasteiger partial charge in [-0.05, 0) is 34.1 Å². The van der Waals surface area contributed by atoms with Gasteiger partial charge in [0.2, 0.25) is 10.0 Å². The number of nitrogens with one attached hydrogen (secondary N) is 1. The van der Waals surface area contributed by atoms with E-state index in [2.05, 4.69) is 21.2 Å². The lowest BCUT2D eigenvalue weighted by Gasteiger charge is -2.27. The Morgan fingerprint density at radius 2 is 1.89 bits per heavy atom. The zero-order chi connectivity index (χ0) is 14.0. The second kappa shape index (κ2) is 5.78. The molecule has 1 aliphatic heterocycles. The van der Waals surface area contributed by atoms with Crippen molar-refractivity contribution in [2.75, 3.05) is 45.2 Å². The van der Waals surface area contributed by atoms with Crippen molar-refractivity contribution in [2.45, 2.75) is 4.90 Å². The van der Waals surface area contributed by atoms with Gasteiger partial charge in [0.05, 0.1) is 4.90 Å². The molecule has 0 bridgehead atoms. The smallest absolute Gasteiger partial charge is 0.244 e. The summed E-state index contributed by atoms with van der Waals surface area (Å²) < 4.78 is 27.4. The van der Waals surface area contributed by atoms with Gasteiger partial charge in [0.1, 0.15) is 0 Å². The van der Waals surface area contributed by atoms with Crippen molar-refractivity contribution in [2.24, 2.45) is 0 Å². The van der Waals surface area contributed by atoms with Crippen molar-refractivity contribution < 1.29 is 8.42 Å². The number of nitrogens with zero attached hydrogens (tertiary/aromatic N) is 2. The topological polar surface area (TPSA) is 52.7 Å². The average Bonchev–Trinajstić information content (AvgIpc) is 2.39. The van der Waals surface area contributed by atoms with Crippen LogP contribution in [0.1, 0.15) is 0 Å². The summed E-state index contributed by atoms with van der Waals surface area (Å²) in [6.07, 6.45) is 0. The lowest BCUT2D eigenvalue weighted by Crippen LogP contribution is -2.46. The monoisotopic (exact) mass is 347 g/mol. The van der Waals surface area contributed by atoms with Crippen molar-refractivity contribution in [1.82, 2.24) is 9.62 Å². The van der Waals surface area contributed by atoms with Crippen LogP contribution in [0, 0.1) is 0 Å². The Bertz CT molecular complexity index is 554. The maximum atomic E-state index is 12.6. The fraction of sp³-hybridized carbons (Fsp3) is 0.500. The van der Waals surface area contributed by atoms with Gasteiger partial charge in [-0.25, -0.2) is 8.42 Å². The summed E-state index contributed by atoms with van der Waals surface area (Å²) in [5.41, 5.74) is 0.872. The summed E-state index contributed by atoms with van der Waals surface area (Å²) >= 11 is 3.34. The van der Waals surface area contributed by atoms with Crippen LogP contribution in [-0.2, 0) is 10.0 Å². The molecule has 0 aliphatic carbocycles. The summed E-state index contributed by atoms with van der Waals surface area (Å²) in [6, 6.07) is 5.38. The van der Waals surface area contributed by atoms with E-state index in [1.807, 2.05) is 25.1 Å². The van der Waals surface area contributed by atoms with Gasteiger partial charge in [-0.15, -0.1) is 0 Å².